The minimum absolute atomic E-state index is 0.0924. The minimum Gasteiger partial charge on any atom is -0.491 e. The molecule has 132 valence electrons. The van der Waals surface area contributed by atoms with Crippen LogP contribution >= 0.6 is 0 Å². The highest BCUT2D eigenvalue weighted by atomic mass is 16.5. The summed E-state index contributed by atoms with van der Waals surface area (Å²) in [6, 6.07) is 15.4. The molecule has 1 fully saturated rings. The van der Waals surface area contributed by atoms with Crippen LogP contribution in [0, 0.1) is 0 Å². The lowest BCUT2D eigenvalue weighted by atomic mass is 10.1. The SMILES string of the molecule is CC(C)Oc1ccc(NC(=O)c2ccc(CN3CCCC3)cc2)cc1. The molecule has 0 aromatic heterocycles. The Morgan fingerprint density at radius 2 is 1.68 bits per heavy atom. The molecule has 25 heavy (non-hydrogen) atoms. The minimum atomic E-state index is -0.0924. The molecule has 1 aliphatic heterocycles. The second-order valence-electron chi connectivity index (χ2n) is 6.83. The fourth-order valence-corrected chi connectivity index (χ4v) is 3.05. The van der Waals surface area contributed by atoms with Crippen molar-refractivity contribution in [2.45, 2.75) is 39.3 Å². The van der Waals surface area contributed by atoms with Gasteiger partial charge in [0.1, 0.15) is 5.75 Å². The molecule has 3 rings (SSSR count). The maximum atomic E-state index is 12.4. The van der Waals surface area contributed by atoms with Crippen molar-refractivity contribution in [1.82, 2.24) is 4.90 Å². The molecular weight excluding hydrogens is 312 g/mol. The topological polar surface area (TPSA) is 41.6 Å². The van der Waals surface area contributed by atoms with Gasteiger partial charge in [-0.2, -0.15) is 0 Å². The van der Waals surface area contributed by atoms with E-state index in [1.807, 2.05) is 62.4 Å². The second-order valence-corrected chi connectivity index (χ2v) is 6.83. The van der Waals surface area contributed by atoms with E-state index in [-0.39, 0.29) is 12.0 Å². The zero-order valence-corrected chi connectivity index (χ0v) is 15.0. The fraction of sp³-hybridized carbons (Fsp3) is 0.381. The first kappa shape index (κ1) is 17.5. The standard InChI is InChI=1S/C21H26N2O2/c1-16(2)25-20-11-9-19(10-12-20)22-21(24)18-7-5-17(6-8-18)15-23-13-3-4-14-23/h5-12,16H,3-4,13-15H2,1-2H3,(H,22,24). The molecule has 2 aromatic carbocycles. The van der Waals surface area contributed by atoms with Gasteiger partial charge in [-0.05, 0) is 81.7 Å². The smallest absolute Gasteiger partial charge is 0.255 e. The van der Waals surface area contributed by atoms with E-state index in [1.165, 1.54) is 31.5 Å². The number of ether oxygens (including phenoxy) is 1. The van der Waals surface area contributed by atoms with Gasteiger partial charge in [0, 0.05) is 17.8 Å². The average molecular weight is 338 g/mol. The Hall–Kier alpha value is -2.33. The van der Waals surface area contributed by atoms with Crippen LogP contribution in [0.5, 0.6) is 5.75 Å². The molecule has 0 saturated carbocycles. The van der Waals surface area contributed by atoms with E-state index in [4.69, 9.17) is 4.74 Å². The van der Waals surface area contributed by atoms with Crippen LogP contribution in [-0.2, 0) is 6.54 Å². The van der Waals surface area contributed by atoms with Crippen molar-refractivity contribution < 1.29 is 9.53 Å². The number of nitrogens with zero attached hydrogens (tertiary/aromatic N) is 1. The second kappa shape index (κ2) is 8.17. The highest BCUT2D eigenvalue weighted by Gasteiger charge is 2.12. The summed E-state index contributed by atoms with van der Waals surface area (Å²) in [5.41, 5.74) is 2.70. The Bertz CT molecular complexity index is 687. The molecule has 0 atom stereocenters. The predicted molar refractivity (Wildman–Crippen MR) is 101 cm³/mol. The number of hydrogen-bond donors (Lipinski definition) is 1. The van der Waals surface area contributed by atoms with Gasteiger partial charge in [-0.25, -0.2) is 0 Å². The van der Waals surface area contributed by atoms with Crippen LogP contribution in [0.1, 0.15) is 42.6 Å². The normalized spacial score (nSPS) is 14.7. The molecule has 0 bridgehead atoms. The van der Waals surface area contributed by atoms with Crippen LogP contribution in [0.2, 0.25) is 0 Å². The number of anilines is 1. The third kappa shape index (κ3) is 5.07. The number of rotatable bonds is 6. The highest BCUT2D eigenvalue weighted by Crippen LogP contribution is 2.18. The zero-order chi connectivity index (χ0) is 17.6. The lowest BCUT2D eigenvalue weighted by Gasteiger charge is -2.14. The number of likely N-dealkylation sites (tertiary alicyclic amines) is 1. The molecule has 1 saturated heterocycles. The highest BCUT2D eigenvalue weighted by molar-refractivity contribution is 6.04. The van der Waals surface area contributed by atoms with Crippen LogP contribution in [0.3, 0.4) is 0 Å². The molecule has 1 heterocycles. The number of amides is 1. The summed E-state index contributed by atoms with van der Waals surface area (Å²) in [5.74, 6) is 0.713. The van der Waals surface area contributed by atoms with E-state index in [1.54, 1.807) is 0 Å². The first-order chi connectivity index (χ1) is 12.1. The Balaban J connectivity index is 1.57. The first-order valence-electron chi connectivity index (χ1n) is 8.99. The molecule has 1 N–H and O–H groups in total. The molecular formula is C21H26N2O2. The molecule has 1 amide bonds. The third-order valence-electron chi connectivity index (χ3n) is 4.30. The number of hydrogen-bond acceptors (Lipinski definition) is 3. The zero-order valence-electron chi connectivity index (χ0n) is 15.0. The Labute approximate surface area is 149 Å². The summed E-state index contributed by atoms with van der Waals surface area (Å²) in [6.07, 6.45) is 2.72. The first-order valence-corrected chi connectivity index (χ1v) is 8.99. The van der Waals surface area contributed by atoms with Crippen LogP contribution in [-0.4, -0.2) is 30.0 Å². The maximum absolute atomic E-state index is 12.4. The number of carbonyl (C=O) groups excluding carboxylic acids is 1. The summed E-state index contributed by atoms with van der Waals surface area (Å²) in [7, 11) is 0. The quantitative estimate of drug-likeness (QED) is 0.853. The van der Waals surface area contributed by atoms with Crippen LogP contribution in [0.25, 0.3) is 0 Å². The Morgan fingerprint density at radius 1 is 1.04 bits per heavy atom. The van der Waals surface area contributed by atoms with Gasteiger partial charge in [-0.3, -0.25) is 9.69 Å². The number of carbonyl (C=O) groups is 1. The molecule has 0 aliphatic carbocycles. The van der Waals surface area contributed by atoms with Crippen LogP contribution in [0.4, 0.5) is 5.69 Å². The van der Waals surface area contributed by atoms with E-state index in [9.17, 15) is 4.79 Å². The van der Waals surface area contributed by atoms with Crippen molar-refractivity contribution in [3.8, 4) is 5.75 Å². The summed E-state index contributed by atoms with van der Waals surface area (Å²) < 4.78 is 5.61. The maximum Gasteiger partial charge on any atom is 0.255 e. The van der Waals surface area contributed by atoms with Gasteiger partial charge < -0.3 is 10.1 Å². The van der Waals surface area contributed by atoms with Crippen molar-refractivity contribution in [1.29, 1.82) is 0 Å². The lowest BCUT2D eigenvalue weighted by molar-refractivity contribution is 0.102. The van der Waals surface area contributed by atoms with Gasteiger partial charge in [-0.1, -0.05) is 12.1 Å². The average Bonchev–Trinajstić information content (AvgIpc) is 3.10. The molecule has 0 unspecified atom stereocenters. The van der Waals surface area contributed by atoms with Gasteiger partial charge in [0.15, 0.2) is 0 Å². The van der Waals surface area contributed by atoms with E-state index in [0.29, 0.717) is 5.56 Å². The van der Waals surface area contributed by atoms with E-state index >= 15 is 0 Å². The van der Waals surface area contributed by atoms with Gasteiger partial charge in [-0.15, -0.1) is 0 Å². The molecule has 4 heteroatoms. The van der Waals surface area contributed by atoms with Crippen molar-refractivity contribution >= 4 is 11.6 Å². The summed E-state index contributed by atoms with van der Waals surface area (Å²) in [6.45, 7) is 7.31. The van der Waals surface area contributed by atoms with Crippen LogP contribution < -0.4 is 10.1 Å². The molecule has 0 spiro atoms. The van der Waals surface area contributed by atoms with Crippen molar-refractivity contribution in [3.63, 3.8) is 0 Å². The lowest BCUT2D eigenvalue weighted by Crippen LogP contribution is -2.18. The molecule has 2 aromatic rings. The van der Waals surface area contributed by atoms with E-state index in [2.05, 4.69) is 10.2 Å². The summed E-state index contributed by atoms with van der Waals surface area (Å²) in [5, 5.41) is 2.93. The Kier molecular flexibility index (Phi) is 5.71. The summed E-state index contributed by atoms with van der Waals surface area (Å²) in [4.78, 5) is 14.8. The monoisotopic (exact) mass is 338 g/mol. The van der Waals surface area contributed by atoms with Gasteiger partial charge in [0.2, 0.25) is 0 Å². The predicted octanol–water partition coefficient (Wildman–Crippen LogP) is 4.32. The van der Waals surface area contributed by atoms with Crippen molar-refractivity contribution in [2.24, 2.45) is 0 Å². The summed E-state index contributed by atoms with van der Waals surface area (Å²) >= 11 is 0. The Morgan fingerprint density at radius 3 is 2.28 bits per heavy atom. The van der Waals surface area contributed by atoms with Gasteiger partial charge in [0.05, 0.1) is 6.10 Å². The van der Waals surface area contributed by atoms with Crippen molar-refractivity contribution in [2.75, 3.05) is 18.4 Å². The fourth-order valence-electron chi connectivity index (χ4n) is 3.05. The number of nitrogens with one attached hydrogen (secondary N) is 1. The van der Waals surface area contributed by atoms with E-state index in [0.717, 1.165) is 18.0 Å². The molecule has 4 nitrogen and oxygen atoms in total. The number of benzene rings is 2. The third-order valence-corrected chi connectivity index (χ3v) is 4.30. The largest absolute Gasteiger partial charge is 0.491 e. The molecule has 1 aliphatic rings. The van der Waals surface area contributed by atoms with E-state index < -0.39 is 0 Å². The molecule has 0 radical (unpaired) electrons. The van der Waals surface area contributed by atoms with Gasteiger partial charge in [0.25, 0.3) is 5.91 Å². The van der Waals surface area contributed by atoms with Crippen LogP contribution in [0.15, 0.2) is 48.5 Å². The van der Waals surface area contributed by atoms with Gasteiger partial charge >= 0.3 is 0 Å². The van der Waals surface area contributed by atoms with Crippen molar-refractivity contribution in [3.05, 3.63) is 59.7 Å².